The summed E-state index contributed by atoms with van der Waals surface area (Å²) >= 11 is 2.18. The Labute approximate surface area is 141 Å². The SMILES string of the molecule is Cc1nnc2sc(SCC(=O)Nc3ccc(F)cc3F)nn2c1=O. The van der Waals surface area contributed by atoms with Crippen molar-refractivity contribution < 1.29 is 13.6 Å². The fourth-order valence-corrected chi connectivity index (χ4v) is 3.41. The zero-order chi connectivity index (χ0) is 17.3. The summed E-state index contributed by atoms with van der Waals surface area (Å²) in [6.07, 6.45) is 0. The van der Waals surface area contributed by atoms with E-state index < -0.39 is 17.5 Å². The second-order valence-corrected chi connectivity index (χ2v) is 6.79. The van der Waals surface area contributed by atoms with Crippen LogP contribution in [0.1, 0.15) is 5.69 Å². The predicted molar refractivity (Wildman–Crippen MR) is 85.4 cm³/mol. The summed E-state index contributed by atoms with van der Waals surface area (Å²) in [7, 11) is 0. The molecule has 0 aliphatic heterocycles. The summed E-state index contributed by atoms with van der Waals surface area (Å²) in [5.74, 6) is -2.13. The van der Waals surface area contributed by atoms with E-state index >= 15 is 0 Å². The first-order valence-corrected chi connectivity index (χ1v) is 8.35. The average molecular weight is 369 g/mol. The number of rotatable bonds is 4. The van der Waals surface area contributed by atoms with Crippen molar-refractivity contribution in [2.75, 3.05) is 11.1 Å². The molecule has 3 aromatic rings. The molecule has 0 fully saturated rings. The first-order chi connectivity index (χ1) is 11.4. The molecule has 11 heteroatoms. The molecule has 2 aromatic heterocycles. The van der Waals surface area contributed by atoms with Gasteiger partial charge in [-0.15, -0.1) is 15.3 Å². The number of nitrogens with one attached hydrogen (secondary N) is 1. The smallest absolute Gasteiger partial charge is 0.296 e. The zero-order valence-electron chi connectivity index (χ0n) is 12.1. The van der Waals surface area contributed by atoms with E-state index in [2.05, 4.69) is 20.6 Å². The maximum absolute atomic E-state index is 13.5. The van der Waals surface area contributed by atoms with Gasteiger partial charge in [0.15, 0.2) is 4.34 Å². The second-order valence-electron chi connectivity index (χ2n) is 4.61. The summed E-state index contributed by atoms with van der Waals surface area (Å²) in [5.41, 5.74) is -0.260. The number of benzene rings is 1. The Morgan fingerprint density at radius 1 is 1.38 bits per heavy atom. The van der Waals surface area contributed by atoms with Crippen LogP contribution in [-0.4, -0.2) is 31.5 Å². The van der Waals surface area contributed by atoms with Crippen LogP contribution in [0.3, 0.4) is 0 Å². The van der Waals surface area contributed by atoms with Gasteiger partial charge < -0.3 is 5.32 Å². The van der Waals surface area contributed by atoms with Crippen LogP contribution in [0, 0.1) is 18.6 Å². The van der Waals surface area contributed by atoms with Crippen LogP contribution < -0.4 is 10.9 Å². The number of amides is 1. The highest BCUT2D eigenvalue weighted by Crippen LogP contribution is 2.23. The minimum absolute atomic E-state index is 0.0577. The maximum Gasteiger partial charge on any atom is 0.296 e. The molecule has 0 atom stereocenters. The number of carbonyl (C=O) groups is 1. The van der Waals surface area contributed by atoms with Gasteiger partial charge in [0.25, 0.3) is 5.56 Å². The molecule has 124 valence electrons. The average Bonchev–Trinajstić information content (AvgIpc) is 2.96. The summed E-state index contributed by atoms with van der Waals surface area (Å²) in [6, 6.07) is 2.87. The standard InChI is InChI=1S/C13H9F2N5O2S2/c1-6-11(22)20-12(18-17-6)24-13(19-20)23-5-10(21)16-9-3-2-7(14)4-8(9)15/h2-4H,5H2,1H3,(H,16,21). The second kappa shape index (κ2) is 6.61. The normalized spacial score (nSPS) is 11.0. The van der Waals surface area contributed by atoms with Crippen molar-refractivity contribution in [2.24, 2.45) is 0 Å². The van der Waals surface area contributed by atoms with Gasteiger partial charge >= 0.3 is 0 Å². The summed E-state index contributed by atoms with van der Waals surface area (Å²) in [4.78, 5) is 24.0. The fourth-order valence-electron chi connectivity index (χ4n) is 1.74. The van der Waals surface area contributed by atoms with E-state index in [-0.39, 0.29) is 22.7 Å². The number of halogens is 2. The van der Waals surface area contributed by atoms with Gasteiger partial charge in [0.1, 0.15) is 17.3 Å². The summed E-state index contributed by atoms with van der Waals surface area (Å²) < 4.78 is 27.8. The van der Waals surface area contributed by atoms with E-state index in [0.717, 1.165) is 39.7 Å². The van der Waals surface area contributed by atoms with Gasteiger partial charge in [0.2, 0.25) is 10.9 Å². The van der Waals surface area contributed by atoms with Crippen molar-refractivity contribution in [3.63, 3.8) is 0 Å². The van der Waals surface area contributed by atoms with Crippen molar-refractivity contribution in [2.45, 2.75) is 11.3 Å². The maximum atomic E-state index is 13.5. The highest BCUT2D eigenvalue weighted by atomic mass is 32.2. The summed E-state index contributed by atoms with van der Waals surface area (Å²) in [5, 5.41) is 14.0. The molecule has 1 aromatic carbocycles. The van der Waals surface area contributed by atoms with Gasteiger partial charge in [-0.05, 0) is 19.1 Å². The highest BCUT2D eigenvalue weighted by molar-refractivity contribution is 8.01. The first-order valence-electron chi connectivity index (χ1n) is 6.55. The zero-order valence-corrected chi connectivity index (χ0v) is 13.7. The lowest BCUT2D eigenvalue weighted by atomic mass is 10.3. The van der Waals surface area contributed by atoms with Crippen molar-refractivity contribution in [1.82, 2.24) is 19.8 Å². The molecule has 0 aliphatic rings. The van der Waals surface area contributed by atoms with Gasteiger partial charge in [0.05, 0.1) is 11.4 Å². The number of carbonyl (C=O) groups excluding carboxylic acids is 1. The van der Waals surface area contributed by atoms with Crippen LogP contribution in [0.25, 0.3) is 4.96 Å². The van der Waals surface area contributed by atoms with Gasteiger partial charge in [-0.1, -0.05) is 23.1 Å². The van der Waals surface area contributed by atoms with Crippen molar-refractivity contribution >= 4 is 39.7 Å². The number of fused-ring (bicyclic) bond motifs is 1. The van der Waals surface area contributed by atoms with Crippen LogP contribution in [0.4, 0.5) is 14.5 Å². The number of aryl methyl sites for hydroxylation is 1. The third-order valence-corrected chi connectivity index (χ3v) is 4.89. The molecule has 0 radical (unpaired) electrons. The monoisotopic (exact) mass is 369 g/mol. The lowest BCUT2D eigenvalue weighted by Crippen LogP contribution is -2.19. The molecular weight excluding hydrogens is 360 g/mol. The Morgan fingerprint density at radius 3 is 2.92 bits per heavy atom. The van der Waals surface area contributed by atoms with Crippen LogP contribution in [0.2, 0.25) is 0 Å². The van der Waals surface area contributed by atoms with E-state index in [9.17, 15) is 18.4 Å². The summed E-state index contributed by atoms with van der Waals surface area (Å²) in [6.45, 7) is 1.53. The molecule has 0 saturated heterocycles. The van der Waals surface area contributed by atoms with Crippen molar-refractivity contribution in [1.29, 1.82) is 0 Å². The topological polar surface area (TPSA) is 89.2 Å². The number of hydrogen-bond donors (Lipinski definition) is 1. The lowest BCUT2D eigenvalue weighted by Gasteiger charge is -2.05. The Balaban J connectivity index is 1.68. The Kier molecular flexibility index (Phi) is 4.53. The third kappa shape index (κ3) is 3.41. The van der Waals surface area contributed by atoms with Gasteiger partial charge in [-0.2, -0.15) is 4.52 Å². The molecule has 0 bridgehead atoms. The minimum Gasteiger partial charge on any atom is -0.323 e. The predicted octanol–water partition coefficient (Wildman–Crippen LogP) is 1.86. The van der Waals surface area contributed by atoms with Gasteiger partial charge in [-0.25, -0.2) is 8.78 Å². The van der Waals surface area contributed by atoms with E-state index in [4.69, 9.17) is 0 Å². The largest absolute Gasteiger partial charge is 0.323 e. The lowest BCUT2D eigenvalue weighted by molar-refractivity contribution is -0.113. The molecule has 1 amide bonds. The number of nitrogens with zero attached hydrogens (tertiary/aromatic N) is 4. The van der Waals surface area contributed by atoms with Gasteiger partial charge in [0, 0.05) is 6.07 Å². The molecule has 2 heterocycles. The molecular formula is C13H9F2N5O2S2. The van der Waals surface area contributed by atoms with Gasteiger partial charge in [-0.3, -0.25) is 9.59 Å². The number of anilines is 1. The molecule has 0 aliphatic carbocycles. The highest BCUT2D eigenvalue weighted by Gasteiger charge is 2.13. The fraction of sp³-hybridized carbons (Fsp3) is 0.154. The number of aromatic nitrogens is 4. The molecule has 0 spiro atoms. The molecule has 0 saturated carbocycles. The van der Waals surface area contributed by atoms with E-state index in [1.807, 2.05) is 0 Å². The quantitative estimate of drug-likeness (QED) is 0.706. The van der Waals surface area contributed by atoms with Crippen LogP contribution in [-0.2, 0) is 4.79 Å². The number of thioether (sulfide) groups is 1. The number of hydrogen-bond acceptors (Lipinski definition) is 7. The molecule has 1 N–H and O–H groups in total. The van der Waals surface area contributed by atoms with Crippen LogP contribution >= 0.6 is 23.1 Å². The Morgan fingerprint density at radius 2 is 2.17 bits per heavy atom. The Hall–Kier alpha value is -2.40. The molecule has 0 unspecified atom stereocenters. The van der Waals surface area contributed by atoms with E-state index in [1.54, 1.807) is 0 Å². The molecule has 3 rings (SSSR count). The van der Waals surface area contributed by atoms with Crippen LogP contribution in [0.15, 0.2) is 27.3 Å². The molecule has 7 nitrogen and oxygen atoms in total. The van der Waals surface area contributed by atoms with Crippen LogP contribution in [0.5, 0.6) is 0 Å². The first kappa shape index (κ1) is 16.5. The third-order valence-electron chi connectivity index (χ3n) is 2.86. The Bertz CT molecular complexity index is 988. The van der Waals surface area contributed by atoms with E-state index in [1.165, 1.54) is 6.92 Å². The van der Waals surface area contributed by atoms with Crippen molar-refractivity contribution in [3.8, 4) is 0 Å². The van der Waals surface area contributed by atoms with E-state index in [0.29, 0.717) is 15.4 Å². The minimum atomic E-state index is -0.856. The molecule has 24 heavy (non-hydrogen) atoms. The van der Waals surface area contributed by atoms with Crippen molar-refractivity contribution in [3.05, 3.63) is 45.9 Å².